The SMILES string of the molecule is O=C(Cn1nc(C(=O)O)c2ccccc2c1=O)Nc1cccc(C(=O)NC2CC2)c1. The fraction of sp³-hybridized carbons (Fsp3) is 0.190. The van der Waals surface area contributed by atoms with Gasteiger partial charge in [-0.1, -0.05) is 24.3 Å². The van der Waals surface area contributed by atoms with Crippen LogP contribution in [0.3, 0.4) is 0 Å². The van der Waals surface area contributed by atoms with Crippen LogP contribution in [-0.4, -0.2) is 38.7 Å². The van der Waals surface area contributed by atoms with Gasteiger partial charge in [-0.25, -0.2) is 9.48 Å². The summed E-state index contributed by atoms with van der Waals surface area (Å²) in [6.07, 6.45) is 1.93. The number of amides is 2. The molecule has 1 fully saturated rings. The van der Waals surface area contributed by atoms with Crippen LogP contribution < -0.4 is 16.2 Å². The van der Waals surface area contributed by atoms with Gasteiger partial charge < -0.3 is 15.7 Å². The zero-order chi connectivity index (χ0) is 21.3. The summed E-state index contributed by atoms with van der Waals surface area (Å²) in [5.74, 6) is -2.09. The third-order valence-corrected chi connectivity index (χ3v) is 4.68. The van der Waals surface area contributed by atoms with Crippen LogP contribution in [-0.2, 0) is 11.3 Å². The number of anilines is 1. The first-order valence-corrected chi connectivity index (χ1v) is 9.36. The average Bonchev–Trinajstić information content (AvgIpc) is 3.54. The number of carbonyl (C=O) groups is 3. The molecule has 0 bridgehead atoms. The van der Waals surface area contributed by atoms with Gasteiger partial charge in [-0.3, -0.25) is 14.4 Å². The van der Waals surface area contributed by atoms with E-state index in [2.05, 4.69) is 15.7 Å². The van der Waals surface area contributed by atoms with Crippen LogP contribution in [0.2, 0.25) is 0 Å². The summed E-state index contributed by atoms with van der Waals surface area (Å²) in [5, 5.41) is 19.1. The molecule has 3 aromatic rings. The van der Waals surface area contributed by atoms with E-state index in [1.54, 1.807) is 30.3 Å². The predicted molar refractivity (Wildman–Crippen MR) is 109 cm³/mol. The number of aromatic nitrogens is 2. The Labute approximate surface area is 170 Å². The van der Waals surface area contributed by atoms with Gasteiger partial charge in [0.2, 0.25) is 5.91 Å². The molecular formula is C21H18N4O5. The molecule has 30 heavy (non-hydrogen) atoms. The van der Waals surface area contributed by atoms with Gasteiger partial charge in [0.15, 0.2) is 5.69 Å². The van der Waals surface area contributed by atoms with E-state index in [0.717, 1.165) is 17.5 Å². The average molecular weight is 406 g/mol. The fourth-order valence-electron chi connectivity index (χ4n) is 3.07. The van der Waals surface area contributed by atoms with Gasteiger partial charge in [0.1, 0.15) is 6.54 Å². The van der Waals surface area contributed by atoms with Crippen molar-refractivity contribution in [2.75, 3.05) is 5.32 Å². The number of hydrogen-bond acceptors (Lipinski definition) is 5. The molecule has 1 aliphatic carbocycles. The molecule has 1 heterocycles. The van der Waals surface area contributed by atoms with E-state index in [0.29, 0.717) is 11.3 Å². The second-order valence-electron chi connectivity index (χ2n) is 7.04. The van der Waals surface area contributed by atoms with Gasteiger partial charge in [0.25, 0.3) is 11.5 Å². The molecular weight excluding hydrogens is 388 g/mol. The molecule has 1 saturated carbocycles. The van der Waals surface area contributed by atoms with Crippen molar-refractivity contribution in [3.63, 3.8) is 0 Å². The Kier molecular flexibility index (Phi) is 5.01. The van der Waals surface area contributed by atoms with Crippen molar-refractivity contribution in [2.45, 2.75) is 25.4 Å². The smallest absolute Gasteiger partial charge is 0.357 e. The molecule has 1 aromatic heterocycles. The highest BCUT2D eigenvalue weighted by atomic mass is 16.4. The molecule has 2 aromatic carbocycles. The van der Waals surface area contributed by atoms with Crippen molar-refractivity contribution >= 4 is 34.2 Å². The Morgan fingerprint density at radius 3 is 2.50 bits per heavy atom. The van der Waals surface area contributed by atoms with Crippen LogP contribution in [0.15, 0.2) is 53.3 Å². The van der Waals surface area contributed by atoms with Crippen molar-refractivity contribution in [2.24, 2.45) is 0 Å². The number of fused-ring (bicyclic) bond motifs is 1. The molecule has 0 spiro atoms. The molecule has 3 N–H and O–H groups in total. The van der Waals surface area contributed by atoms with Crippen LogP contribution >= 0.6 is 0 Å². The Hall–Kier alpha value is -4.01. The largest absolute Gasteiger partial charge is 0.476 e. The number of nitrogens with zero attached hydrogens (tertiary/aromatic N) is 2. The maximum absolute atomic E-state index is 12.6. The van der Waals surface area contributed by atoms with Crippen LogP contribution in [0.1, 0.15) is 33.7 Å². The van der Waals surface area contributed by atoms with E-state index in [4.69, 9.17) is 0 Å². The van der Waals surface area contributed by atoms with Crippen molar-refractivity contribution in [1.82, 2.24) is 15.1 Å². The second kappa shape index (κ2) is 7.78. The monoisotopic (exact) mass is 406 g/mol. The minimum absolute atomic E-state index is 0.163. The van der Waals surface area contributed by atoms with E-state index in [1.165, 1.54) is 18.2 Å². The first-order valence-electron chi connectivity index (χ1n) is 9.36. The van der Waals surface area contributed by atoms with Gasteiger partial charge in [0, 0.05) is 22.7 Å². The highest BCUT2D eigenvalue weighted by Gasteiger charge is 2.24. The van der Waals surface area contributed by atoms with Crippen LogP contribution in [0, 0.1) is 0 Å². The van der Waals surface area contributed by atoms with E-state index >= 15 is 0 Å². The molecule has 9 nitrogen and oxygen atoms in total. The molecule has 152 valence electrons. The minimum Gasteiger partial charge on any atom is -0.476 e. The third-order valence-electron chi connectivity index (χ3n) is 4.68. The third kappa shape index (κ3) is 4.04. The van der Waals surface area contributed by atoms with Gasteiger partial charge in [-0.05, 0) is 37.1 Å². The molecule has 0 unspecified atom stereocenters. The Bertz CT molecular complexity index is 1230. The Morgan fingerprint density at radius 1 is 1.07 bits per heavy atom. The number of carboxylic acids is 1. The van der Waals surface area contributed by atoms with Crippen molar-refractivity contribution in [1.29, 1.82) is 0 Å². The number of nitrogens with one attached hydrogen (secondary N) is 2. The number of aromatic carboxylic acids is 1. The van der Waals surface area contributed by atoms with Crippen molar-refractivity contribution < 1.29 is 19.5 Å². The minimum atomic E-state index is -1.30. The van der Waals surface area contributed by atoms with Crippen LogP contribution in [0.25, 0.3) is 10.8 Å². The van der Waals surface area contributed by atoms with Gasteiger partial charge in [0.05, 0.1) is 5.39 Å². The highest BCUT2D eigenvalue weighted by molar-refractivity contribution is 6.01. The van der Waals surface area contributed by atoms with Gasteiger partial charge in [-0.15, -0.1) is 0 Å². The zero-order valence-corrected chi connectivity index (χ0v) is 15.8. The molecule has 2 amide bonds. The molecule has 0 radical (unpaired) electrons. The summed E-state index contributed by atoms with van der Waals surface area (Å²) in [6.45, 7) is -0.470. The standard InChI is InChI=1S/C21H18N4O5/c26-17(22-14-5-3-4-12(10-14)19(27)23-13-8-9-13)11-25-20(28)16-7-2-1-6-15(16)18(24-25)21(29)30/h1-7,10,13H,8-9,11H2,(H,22,26)(H,23,27)(H,29,30). The normalized spacial score (nSPS) is 13.1. The van der Waals surface area contributed by atoms with E-state index in [9.17, 15) is 24.3 Å². The molecule has 9 heteroatoms. The molecule has 0 aliphatic heterocycles. The van der Waals surface area contributed by atoms with E-state index in [-0.39, 0.29) is 28.4 Å². The summed E-state index contributed by atoms with van der Waals surface area (Å²) in [5.41, 5.74) is -0.0790. The fourth-order valence-corrected chi connectivity index (χ4v) is 3.07. The van der Waals surface area contributed by atoms with E-state index < -0.39 is 24.0 Å². The second-order valence-corrected chi connectivity index (χ2v) is 7.04. The van der Waals surface area contributed by atoms with Crippen molar-refractivity contribution in [3.05, 3.63) is 70.1 Å². The Balaban J connectivity index is 1.55. The number of hydrogen-bond donors (Lipinski definition) is 3. The lowest BCUT2D eigenvalue weighted by molar-refractivity contribution is -0.117. The number of benzene rings is 2. The maximum Gasteiger partial charge on any atom is 0.357 e. The topological polar surface area (TPSA) is 130 Å². The summed E-state index contributed by atoms with van der Waals surface area (Å²) in [4.78, 5) is 48.8. The summed E-state index contributed by atoms with van der Waals surface area (Å²) in [7, 11) is 0. The first-order chi connectivity index (χ1) is 14.4. The zero-order valence-electron chi connectivity index (χ0n) is 15.8. The lowest BCUT2D eigenvalue weighted by atomic mass is 10.1. The quantitative estimate of drug-likeness (QED) is 0.570. The number of carboxylic acid groups (broad SMARTS) is 1. The Morgan fingerprint density at radius 2 is 1.80 bits per heavy atom. The summed E-state index contributed by atoms with van der Waals surface area (Å²) < 4.78 is 0.824. The predicted octanol–water partition coefficient (Wildman–Crippen LogP) is 1.63. The van der Waals surface area contributed by atoms with Gasteiger partial charge >= 0.3 is 5.97 Å². The summed E-state index contributed by atoms with van der Waals surface area (Å²) in [6, 6.07) is 12.8. The number of carbonyl (C=O) groups excluding carboxylic acids is 2. The van der Waals surface area contributed by atoms with Crippen LogP contribution in [0.5, 0.6) is 0 Å². The van der Waals surface area contributed by atoms with Crippen molar-refractivity contribution in [3.8, 4) is 0 Å². The number of rotatable bonds is 6. The molecule has 0 atom stereocenters. The lowest BCUT2D eigenvalue weighted by Crippen LogP contribution is -2.31. The summed E-state index contributed by atoms with van der Waals surface area (Å²) >= 11 is 0. The van der Waals surface area contributed by atoms with E-state index in [1.807, 2.05) is 0 Å². The lowest BCUT2D eigenvalue weighted by Gasteiger charge is -2.10. The highest BCUT2D eigenvalue weighted by Crippen LogP contribution is 2.20. The maximum atomic E-state index is 12.6. The van der Waals surface area contributed by atoms with Gasteiger partial charge in [-0.2, -0.15) is 5.10 Å². The molecule has 1 aliphatic rings. The molecule has 0 saturated heterocycles. The van der Waals surface area contributed by atoms with Crippen LogP contribution in [0.4, 0.5) is 5.69 Å². The first kappa shape index (κ1) is 19.3. The molecule has 4 rings (SSSR count).